The zero-order valence-electron chi connectivity index (χ0n) is 13.1. The topological polar surface area (TPSA) is 35.6 Å². The highest BCUT2D eigenvalue weighted by molar-refractivity contribution is 5.89. The molecule has 1 aliphatic rings. The lowest BCUT2D eigenvalue weighted by Gasteiger charge is -2.36. The van der Waals surface area contributed by atoms with Gasteiger partial charge in [0.25, 0.3) is 0 Å². The fraction of sp³-hybridized carbons (Fsp3) is 0.562. The molecule has 6 heteroatoms. The van der Waals surface area contributed by atoms with Crippen molar-refractivity contribution in [1.29, 1.82) is 0 Å². The Kier molecular flexibility index (Phi) is 5.71. The number of nitrogens with one attached hydrogen (secondary N) is 1. The molecule has 4 nitrogen and oxygen atoms in total. The third-order valence-corrected chi connectivity index (χ3v) is 3.97. The SMILES string of the molecule is CN(C)CC[C@@H]1CCCCN1C(=O)Nc1ccc(F)cc1F. The number of rotatable bonds is 4. The first-order chi connectivity index (χ1) is 10.5. The number of benzene rings is 1. The molecule has 1 heterocycles. The van der Waals surface area contributed by atoms with Gasteiger partial charge in [0.05, 0.1) is 5.69 Å². The number of urea groups is 1. The maximum absolute atomic E-state index is 13.6. The van der Waals surface area contributed by atoms with Gasteiger partial charge in [0.15, 0.2) is 0 Å². The molecule has 0 aromatic heterocycles. The molecule has 0 spiro atoms. The van der Waals surface area contributed by atoms with Gasteiger partial charge in [0.1, 0.15) is 11.6 Å². The lowest BCUT2D eigenvalue weighted by atomic mass is 9.99. The predicted octanol–water partition coefficient (Wildman–Crippen LogP) is 3.30. The van der Waals surface area contributed by atoms with E-state index in [2.05, 4.69) is 10.2 Å². The van der Waals surface area contributed by atoms with Gasteiger partial charge >= 0.3 is 6.03 Å². The molecular formula is C16H23F2N3O. The minimum absolute atomic E-state index is 0.0170. The molecule has 0 bridgehead atoms. The lowest BCUT2D eigenvalue weighted by Crippen LogP contribution is -2.47. The Morgan fingerprint density at radius 3 is 2.82 bits per heavy atom. The van der Waals surface area contributed by atoms with E-state index < -0.39 is 11.6 Å². The second kappa shape index (κ2) is 7.54. The second-order valence-corrected chi connectivity index (χ2v) is 5.99. The smallest absolute Gasteiger partial charge is 0.322 e. The number of piperidine rings is 1. The fourth-order valence-corrected chi connectivity index (χ4v) is 2.75. The van der Waals surface area contributed by atoms with Gasteiger partial charge in [-0.15, -0.1) is 0 Å². The van der Waals surface area contributed by atoms with Crippen molar-refractivity contribution in [3.63, 3.8) is 0 Å². The van der Waals surface area contributed by atoms with E-state index in [4.69, 9.17) is 0 Å². The van der Waals surface area contributed by atoms with Gasteiger partial charge < -0.3 is 15.1 Å². The van der Waals surface area contributed by atoms with E-state index in [0.717, 1.165) is 44.4 Å². The molecule has 22 heavy (non-hydrogen) atoms. The zero-order valence-corrected chi connectivity index (χ0v) is 13.1. The van der Waals surface area contributed by atoms with Crippen LogP contribution in [0.1, 0.15) is 25.7 Å². The lowest BCUT2D eigenvalue weighted by molar-refractivity contribution is 0.152. The van der Waals surface area contributed by atoms with Crippen LogP contribution in [-0.2, 0) is 0 Å². The molecule has 0 saturated carbocycles. The molecule has 1 N–H and O–H groups in total. The molecule has 1 aliphatic heterocycles. The quantitative estimate of drug-likeness (QED) is 0.926. The Hall–Kier alpha value is -1.69. The van der Waals surface area contributed by atoms with Crippen LogP contribution in [0.15, 0.2) is 18.2 Å². The van der Waals surface area contributed by atoms with Crippen LogP contribution in [0.3, 0.4) is 0 Å². The van der Waals surface area contributed by atoms with Crippen molar-refractivity contribution in [3.8, 4) is 0 Å². The molecular weight excluding hydrogens is 288 g/mol. The summed E-state index contributed by atoms with van der Waals surface area (Å²) in [4.78, 5) is 16.3. The Bertz CT molecular complexity index is 522. The van der Waals surface area contributed by atoms with Gasteiger partial charge in [0.2, 0.25) is 0 Å². The van der Waals surface area contributed by atoms with E-state index in [0.29, 0.717) is 6.54 Å². The largest absolute Gasteiger partial charge is 0.322 e. The molecule has 1 atom stereocenters. The fourth-order valence-electron chi connectivity index (χ4n) is 2.75. The van der Waals surface area contributed by atoms with E-state index in [1.165, 1.54) is 6.07 Å². The number of hydrogen-bond acceptors (Lipinski definition) is 2. The number of carbonyl (C=O) groups excluding carboxylic acids is 1. The number of anilines is 1. The van der Waals surface area contributed by atoms with Crippen LogP contribution in [0.4, 0.5) is 19.3 Å². The van der Waals surface area contributed by atoms with Crippen molar-refractivity contribution in [2.75, 3.05) is 32.5 Å². The van der Waals surface area contributed by atoms with Crippen LogP contribution in [-0.4, -0.2) is 49.1 Å². The molecule has 0 unspecified atom stereocenters. The molecule has 0 aliphatic carbocycles. The van der Waals surface area contributed by atoms with Crippen molar-refractivity contribution in [1.82, 2.24) is 9.80 Å². The van der Waals surface area contributed by atoms with Crippen LogP contribution in [0, 0.1) is 11.6 Å². The van der Waals surface area contributed by atoms with E-state index in [1.54, 1.807) is 4.90 Å². The summed E-state index contributed by atoms with van der Waals surface area (Å²) in [7, 11) is 4.00. The Balaban J connectivity index is 2.02. The van der Waals surface area contributed by atoms with Gasteiger partial charge in [-0.3, -0.25) is 0 Å². The highest BCUT2D eigenvalue weighted by Gasteiger charge is 2.27. The van der Waals surface area contributed by atoms with Gasteiger partial charge in [-0.05, 0) is 58.5 Å². The molecule has 2 amide bonds. The molecule has 1 fully saturated rings. The summed E-state index contributed by atoms with van der Waals surface area (Å²) in [5, 5.41) is 2.56. The molecule has 122 valence electrons. The second-order valence-electron chi connectivity index (χ2n) is 5.99. The molecule has 1 aromatic carbocycles. The summed E-state index contributed by atoms with van der Waals surface area (Å²) in [6.45, 7) is 1.58. The van der Waals surface area contributed by atoms with E-state index >= 15 is 0 Å². The standard InChI is InChI=1S/C16H23F2N3O/c1-20(2)10-8-13-5-3-4-9-21(13)16(22)19-15-7-6-12(17)11-14(15)18/h6-7,11,13H,3-5,8-10H2,1-2H3,(H,19,22)/t13-/m0/s1. The Morgan fingerprint density at radius 2 is 2.14 bits per heavy atom. The van der Waals surface area contributed by atoms with Gasteiger partial charge in [-0.25, -0.2) is 13.6 Å². The highest BCUT2D eigenvalue weighted by Crippen LogP contribution is 2.22. The van der Waals surface area contributed by atoms with Gasteiger partial charge in [0, 0.05) is 18.7 Å². The Morgan fingerprint density at radius 1 is 1.36 bits per heavy atom. The van der Waals surface area contributed by atoms with Crippen LogP contribution < -0.4 is 5.32 Å². The number of halogens is 2. The van der Waals surface area contributed by atoms with Crippen LogP contribution >= 0.6 is 0 Å². The van der Waals surface area contributed by atoms with Crippen LogP contribution in [0.25, 0.3) is 0 Å². The van der Waals surface area contributed by atoms with Gasteiger partial charge in [-0.1, -0.05) is 0 Å². The number of amides is 2. The summed E-state index contributed by atoms with van der Waals surface area (Å²) in [5.74, 6) is -1.41. The third-order valence-electron chi connectivity index (χ3n) is 3.97. The first-order valence-corrected chi connectivity index (χ1v) is 7.65. The summed E-state index contributed by atoms with van der Waals surface area (Å²) in [6, 6.07) is 3.02. The normalized spacial score (nSPS) is 18.6. The van der Waals surface area contributed by atoms with Crippen molar-refractivity contribution >= 4 is 11.7 Å². The highest BCUT2D eigenvalue weighted by atomic mass is 19.1. The maximum atomic E-state index is 13.6. The maximum Gasteiger partial charge on any atom is 0.322 e. The molecule has 1 aromatic rings. The molecule has 0 radical (unpaired) electrons. The Labute approximate surface area is 130 Å². The summed E-state index contributed by atoms with van der Waals surface area (Å²) in [5.41, 5.74) is 0.0170. The molecule has 2 rings (SSSR count). The minimum atomic E-state index is -0.754. The van der Waals surface area contributed by atoms with Crippen LogP contribution in [0.2, 0.25) is 0 Å². The van der Waals surface area contributed by atoms with E-state index in [-0.39, 0.29) is 17.8 Å². The van der Waals surface area contributed by atoms with Crippen molar-refractivity contribution in [3.05, 3.63) is 29.8 Å². The van der Waals surface area contributed by atoms with E-state index in [1.807, 2.05) is 14.1 Å². The zero-order chi connectivity index (χ0) is 16.1. The molecule has 1 saturated heterocycles. The third kappa shape index (κ3) is 4.40. The number of likely N-dealkylation sites (tertiary alicyclic amines) is 1. The first-order valence-electron chi connectivity index (χ1n) is 7.65. The monoisotopic (exact) mass is 311 g/mol. The number of hydrogen-bond donors (Lipinski definition) is 1. The number of nitrogens with zero attached hydrogens (tertiary/aromatic N) is 2. The average molecular weight is 311 g/mol. The van der Waals surface area contributed by atoms with Crippen molar-refractivity contribution in [2.45, 2.75) is 31.7 Å². The minimum Gasteiger partial charge on any atom is -0.322 e. The summed E-state index contributed by atoms with van der Waals surface area (Å²) >= 11 is 0. The first kappa shape index (κ1) is 16.7. The number of carbonyl (C=O) groups is 1. The summed E-state index contributed by atoms with van der Waals surface area (Å²) in [6.07, 6.45) is 3.92. The van der Waals surface area contributed by atoms with Crippen molar-refractivity contribution < 1.29 is 13.6 Å². The van der Waals surface area contributed by atoms with E-state index in [9.17, 15) is 13.6 Å². The van der Waals surface area contributed by atoms with Crippen LogP contribution in [0.5, 0.6) is 0 Å². The van der Waals surface area contributed by atoms with Crippen molar-refractivity contribution in [2.24, 2.45) is 0 Å². The van der Waals surface area contributed by atoms with Gasteiger partial charge in [-0.2, -0.15) is 0 Å². The summed E-state index contributed by atoms with van der Waals surface area (Å²) < 4.78 is 26.6. The predicted molar refractivity (Wildman–Crippen MR) is 82.9 cm³/mol. The average Bonchev–Trinajstić information content (AvgIpc) is 2.48.